The van der Waals surface area contributed by atoms with Crippen LogP contribution in [0.15, 0.2) is 29.5 Å². The lowest BCUT2D eigenvalue weighted by Crippen LogP contribution is -2.49. The van der Waals surface area contributed by atoms with E-state index in [9.17, 15) is 4.79 Å². The standard InChI is InChI=1S/C25H37N3O3/c1-3-5-13-30-17-11-12-18(22(15-17)31-14-6-4-2)24-23-21(16-26-25(23)29)27-19-9-7-8-10-20(19)28-24/h11-12,15,19-20,24,27-28H,3-10,13-14,16H2,1-2H3,(H,26,29)/t19?,20-,24-/m1/s1. The molecule has 170 valence electrons. The van der Waals surface area contributed by atoms with Gasteiger partial charge in [0.2, 0.25) is 0 Å². The molecule has 2 heterocycles. The largest absolute Gasteiger partial charge is 0.493 e. The first-order chi connectivity index (χ1) is 15.2. The lowest BCUT2D eigenvalue weighted by Gasteiger charge is -2.34. The van der Waals surface area contributed by atoms with Crippen molar-refractivity contribution in [3.8, 4) is 11.5 Å². The number of benzene rings is 1. The number of rotatable bonds is 9. The van der Waals surface area contributed by atoms with Gasteiger partial charge >= 0.3 is 0 Å². The third kappa shape index (κ3) is 5.00. The minimum Gasteiger partial charge on any atom is -0.493 e. The number of hydrogen-bond acceptors (Lipinski definition) is 5. The van der Waals surface area contributed by atoms with E-state index in [1.165, 1.54) is 12.8 Å². The Kier molecular flexibility index (Phi) is 7.38. The number of ether oxygens (including phenoxy) is 2. The van der Waals surface area contributed by atoms with Gasteiger partial charge in [-0.05, 0) is 37.8 Å². The third-order valence-corrected chi connectivity index (χ3v) is 6.61. The van der Waals surface area contributed by atoms with Crippen molar-refractivity contribution < 1.29 is 14.3 Å². The van der Waals surface area contributed by atoms with E-state index in [1.54, 1.807) is 0 Å². The zero-order valence-corrected chi connectivity index (χ0v) is 19.0. The minimum atomic E-state index is -0.181. The molecular weight excluding hydrogens is 390 g/mol. The van der Waals surface area contributed by atoms with Crippen molar-refractivity contribution >= 4 is 5.91 Å². The maximum absolute atomic E-state index is 12.8. The molecule has 1 aromatic carbocycles. The van der Waals surface area contributed by atoms with Crippen LogP contribution in [0.25, 0.3) is 0 Å². The number of unbranched alkanes of at least 4 members (excludes halogenated alkanes) is 2. The first kappa shape index (κ1) is 22.0. The summed E-state index contributed by atoms with van der Waals surface area (Å²) in [6.07, 6.45) is 8.94. The summed E-state index contributed by atoms with van der Waals surface area (Å²) in [4.78, 5) is 12.8. The van der Waals surface area contributed by atoms with Crippen LogP contribution in [0.1, 0.15) is 76.8 Å². The van der Waals surface area contributed by atoms with Gasteiger partial charge in [-0.1, -0.05) is 39.5 Å². The highest BCUT2D eigenvalue weighted by atomic mass is 16.5. The van der Waals surface area contributed by atoms with Crippen molar-refractivity contribution in [2.24, 2.45) is 0 Å². The quantitative estimate of drug-likeness (QED) is 0.520. The second kappa shape index (κ2) is 10.4. The predicted octanol–water partition coefficient (Wildman–Crippen LogP) is 3.97. The Morgan fingerprint density at radius 2 is 1.74 bits per heavy atom. The van der Waals surface area contributed by atoms with Crippen LogP contribution >= 0.6 is 0 Å². The van der Waals surface area contributed by atoms with E-state index in [1.807, 2.05) is 12.1 Å². The van der Waals surface area contributed by atoms with Crippen molar-refractivity contribution in [1.29, 1.82) is 0 Å². The summed E-state index contributed by atoms with van der Waals surface area (Å²) in [5, 5.41) is 10.6. The SMILES string of the molecule is CCCCOc1ccc([C@H]2N[C@@H]3CCCCC3NC3=C2C(=O)NC3)c(OCCCC)c1. The average Bonchev–Trinajstić information content (AvgIpc) is 3.04. The molecule has 1 saturated carbocycles. The minimum absolute atomic E-state index is 0.0152. The maximum atomic E-state index is 12.8. The van der Waals surface area contributed by atoms with Crippen molar-refractivity contribution in [3.05, 3.63) is 35.0 Å². The predicted molar refractivity (Wildman–Crippen MR) is 122 cm³/mol. The Hall–Kier alpha value is -2.21. The van der Waals surface area contributed by atoms with E-state index >= 15 is 0 Å². The van der Waals surface area contributed by atoms with Crippen LogP contribution in [-0.4, -0.2) is 37.7 Å². The normalized spacial score (nSPS) is 25.2. The summed E-state index contributed by atoms with van der Waals surface area (Å²) < 4.78 is 12.2. The number of fused-ring (bicyclic) bond motifs is 1. The zero-order valence-electron chi connectivity index (χ0n) is 19.0. The van der Waals surface area contributed by atoms with Crippen molar-refractivity contribution in [2.75, 3.05) is 19.8 Å². The molecule has 6 heteroatoms. The summed E-state index contributed by atoms with van der Waals surface area (Å²) in [7, 11) is 0. The van der Waals surface area contributed by atoms with Gasteiger partial charge < -0.3 is 25.4 Å². The van der Waals surface area contributed by atoms with Gasteiger partial charge in [-0.3, -0.25) is 4.79 Å². The van der Waals surface area contributed by atoms with E-state index in [0.29, 0.717) is 31.8 Å². The van der Waals surface area contributed by atoms with Crippen LogP contribution in [0.2, 0.25) is 0 Å². The second-order valence-corrected chi connectivity index (χ2v) is 8.92. The number of hydrogen-bond donors (Lipinski definition) is 3. The van der Waals surface area contributed by atoms with Crippen LogP contribution < -0.4 is 25.4 Å². The lowest BCUT2D eigenvalue weighted by atomic mass is 9.89. The number of carbonyl (C=O) groups is 1. The highest BCUT2D eigenvalue weighted by molar-refractivity contribution is 5.98. The first-order valence-electron chi connectivity index (χ1n) is 12.1. The summed E-state index contributed by atoms with van der Waals surface area (Å²) in [5.74, 6) is 1.67. The zero-order chi connectivity index (χ0) is 21.6. The van der Waals surface area contributed by atoms with Gasteiger partial charge in [-0.2, -0.15) is 0 Å². The molecule has 3 aliphatic rings. The van der Waals surface area contributed by atoms with Gasteiger partial charge in [0.05, 0.1) is 31.4 Å². The molecule has 1 amide bonds. The van der Waals surface area contributed by atoms with Crippen LogP contribution in [0.5, 0.6) is 11.5 Å². The Balaban J connectivity index is 1.67. The van der Waals surface area contributed by atoms with Gasteiger partial charge in [-0.15, -0.1) is 0 Å². The van der Waals surface area contributed by atoms with E-state index in [0.717, 1.165) is 66.9 Å². The van der Waals surface area contributed by atoms with Crippen LogP contribution in [-0.2, 0) is 4.79 Å². The molecule has 2 aliphatic heterocycles. The van der Waals surface area contributed by atoms with Crippen molar-refractivity contribution in [2.45, 2.75) is 83.3 Å². The molecule has 0 saturated heterocycles. The van der Waals surface area contributed by atoms with Gasteiger partial charge in [0.1, 0.15) is 11.5 Å². The molecule has 1 aliphatic carbocycles. The fraction of sp³-hybridized carbons (Fsp3) is 0.640. The molecule has 6 nitrogen and oxygen atoms in total. The fourth-order valence-electron chi connectivity index (χ4n) is 4.83. The van der Waals surface area contributed by atoms with E-state index in [-0.39, 0.29) is 11.9 Å². The van der Waals surface area contributed by atoms with Gasteiger partial charge in [0.25, 0.3) is 5.91 Å². The topological polar surface area (TPSA) is 71.6 Å². The van der Waals surface area contributed by atoms with Crippen molar-refractivity contribution in [1.82, 2.24) is 16.0 Å². The van der Waals surface area contributed by atoms with Crippen LogP contribution in [0.3, 0.4) is 0 Å². The average molecular weight is 428 g/mol. The fourth-order valence-corrected chi connectivity index (χ4v) is 4.83. The molecule has 1 fully saturated rings. The summed E-state index contributed by atoms with van der Waals surface area (Å²) in [6, 6.07) is 6.65. The molecule has 3 atom stereocenters. The molecule has 3 N–H and O–H groups in total. The highest BCUT2D eigenvalue weighted by Gasteiger charge is 2.40. The number of amides is 1. The monoisotopic (exact) mass is 427 g/mol. The molecule has 31 heavy (non-hydrogen) atoms. The Bertz CT molecular complexity index is 807. The van der Waals surface area contributed by atoms with E-state index < -0.39 is 0 Å². The molecule has 0 aromatic heterocycles. The van der Waals surface area contributed by atoms with Crippen LogP contribution in [0.4, 0.5) is 0 Å². The van der Waals surface area contributed by atoms with Crippen molar-refractivity contribution in [3.63, 3.8) is 0 Å². The molecule has 1 aromatic rings. The highest BCUT2D eigenvalue weighted by Crippen LogP contribution is 2.38. The molecule has 0 spiro atoms. The molecular formula is C25H37N3O3. The molecule has 4 rings (SSSR count). The maximum Gasteiger partial charge on any atom is 0.251 e. The van der Waals surface area contributed by atoms with Gasteiger partial charge in [0.15, 0.2) is 0 Å². The molecule has 1 unspecified atom stereocenters. The summed E-state index contributed by atoms with van der Waals surface area (Å²) >= 11 is 0. The Labute approximate surface area is 186 Å². The molecule has 0 radical (unpaired) electrons. The van der Waals surface area contributed by atoms with Crippen LogP contribution in [0, 0.1) is 0 Å². The van der Waals surface area contributed by atoms with E-state index in [2.05, 4.69) is 35.9 Å². The smallest absolute Gasteiger partial charge is 0.251 e. The first-order valence-corrected chi connectivity index (χ1v) is 12.1. The number of carbonyl (C=O) groups excluding carboxylic acids is 1. The number of nitrogens with one attached hydrogen (secondary N) is 3. The summed E-state index contributed by atoms with van der Waals surface area (Å²) in [6.45, 7) is 6.28. The third-order valence-electron chi connectivity index (χ3n) is 6.61. The second-order valence-electron chi connectivity index (χ2n) is 8.92. The van der Waals surface area contributed by atoms with Gasteiger partial charge in [0, 0.05) is 29.4 Å². The van der Waals surface area contributed by atoms with E-state index in [4.69, 9.17) is 9.47 Å². The Morgan fingerprint density at radius 3 is 2.52 bits per heavy atom. The summed E-state index contributed by atoms with van der Waals surface area (Å²) in [5.41, 5.74) is 2.88. The molecule has 0 bridgehead atoms. The van der Waals surface area contributed by atoms with Gasteiger partial charge in [-0.25, -0.2) is 0 Å². The lowest BCUT2D eigenvalue weighted by molar-refractivity contribution is -0.117. The Morgan fingerprint density at radius 1 is 1.00 bits per heavy atom.